The molecule has 1 atom stereocenters. The van der Waals surface area contributed by atoms with Crippen LogP contribution in [0.5, 0.6) is 0 Å². The molecule has 1 aliphatic rings. The van der Waals surface area contributed by atoms with Crippen LogP contribution in [0.3, 0.4) is 0 Å². The SMILES string of the molecule is CCCNC1CCCc2nc(-c3ccc(Br)o3)ncc21. The summed E-state index contributed by atoms with van der Waals surface area (Å²) in [6.45, 7) is 3.22. The summed E-state index contributed by atoms with van der Waals surface area (Å²) in [5, 5.41) is 3.58. The molecule has 0 radical (unpaired) electrons. The van der Waals surface area contributed by atoms with Crippen LogP contribution in [-0.4, -0.2) is 16.5 Å². The summed E-state index contributed by atoms with van der Waals surface area (Å²) in [5.41, 5.74) is 2.40. The molecule has 106 valence electrons. The summed E-state index contributed by atoms with van der Waals surface area (Å²) in [6, 6.07) is 4.15. The summed E-state index contributed by atoms with van der Waals surface area (Å²) in [6.07, 6.45) is 6.47. The minimum Gasteiger partial charge on any atom is -0.446 e. The molecule has 2 aromatic rings. The van der Waals surface area contributed by atoms with Crippen LogP contribution < -0.4 is 5.32 Å². The Hall–Kier alpha value is -1.20. The molecule has 4 nitrogen and oxygen atoms in total. The van der Waals surface area contributed by atoms with E-state index in [0.29, 0.717) is 22.3 Å². The number of halogens is 1. The van der Waals surface area contributed by atoms with Crippen LogP contribution in [0.25, 0.3) is 11.6 Å². The first-order valence-electron chi connectivity index (χ1n) is 7.13. The van der Waals surface area contributed by atoms with E-state index in [1.54, 1.807) is 0 Å². The van der Waals surface area contributed by atoms with E-state index in [0.717, 1.165) is 25.1 Å². The second-order valence-electron chi connectivity index (χ2n) is 5.10. The zero-order valence-electron chi connectivity index (χ0n) is 11.5. The highest BCUT2D eigenvalue weighted by Gasteiger charge is 2.22. The van der Waals surface area contributed by atoms with Gasteiger partial charge in [-0.25, -0.2) is 9.97 Å². The Bertz CT molecular complexity index is 597. The predicted molar refractivity (Wildman–Crippen MR) is 81.4 cm³/mol. The van der Waals surface area contributed by atoms with Gasteiger partial charge in [-0.1, -0.05) is 6.92 Å². The summed E-state index contributed by atoms with van der Waals surface area (Å²) in [4.78, 5) is 9.16. The van der Waals surface area contributed by atoms with Gasteiger partial charge in [-0.05, 0) is 60.3 Å². The fraction of sp³-hybridized carbons (Fsp3) is 0.467. The Labute approximate surface area is 127 Å². The van der Waals surface area contributed by atoms with E-state index in [-0.39, 0.29) is 0 Å². The van der Waals surface area contributed by atoms with Crippen LogP contribution in [0.2, 0.25) is 0 Å². The van der Waals surface area contributed by atoms with Gasteiger partial charge in [0.15, 0.2) is 16.3 Å². The molecule has 0 saturated heterocycles. The standard InChI is InChI=1S/C15H18BrN3O/c1-2-8-17-11-4-3-5-12-10(11)9-18-15(19-12)13-6-7-14(16)20-13/h6-7,9,11,17H,2-5,8H2,1H3. The first-order chi connectivity index (χ1) is 9.78. The molecule has 1 unspecified atom stereocenters. The van der Waals surface area contributed by atoms with E-state index in [9.17, 15) is 0 Å². The first-order valence-corrected chi connectivity index (χ1v) is 7.92. The Kier molecular flexibility index (Phi) is 4.17. The molecular weight excluding hydrogens is 318 g/mol. The third-order valence-electron chi connectivity index (χ3n) is 3.62. The van der Waals surface area contributed by atoms with E-state index in [2.05, 4.69) is 38.1 Å². The maximum absolute atomic E-state index is 5.53. The van der Waals surface area contributed by atoms with Crippen molar-refractivity contribution in [1.82, 2.24) is 15.3 Å². The number of nitrogens with zero attached hydrogens (tertiary/aromatic N) is 2. The second-order valence-corrected chi connectivity index (χ2v) is 5.88. The Morgan fingerprint density at radius 2 is 2.35 bits per heavy atom. The molecule has 0 aliphatic heterocycles. The maximum Gasteiger partial charge on any atom is 0.195 e. The molecule has 0 saturated carbocycles. The quantitative estimate of drug-likeness (QED) is 0.921. The molecular formula is C15H18BrN3O. The lowest BCUT2D eigenvalue weighted by molar-refractivity contribution is 0.453. The van der Waals surface area contributed by atoms with Gasteiger partial charge in [-0.3, -0.25) is 0 Å². The molecule has 0 spiro atoms. The average Bonchev–Trinajstić information content (AvgIpc) is 2.91. The zero-order chi connectivity index (χ0) is 13.9. The number of hydrogen-bond acceptors (Lipinski definition) is 4. The number of rotatable bonds is 4. The molecule has 0 bridgehead atoms. The number of aromatic nitrogens is 2. The van der Waals surface area contributed by atoms with Crippen molar-refractivity contribution in [3.8, 4) is 11.6 Å². The number of fused-ring (bicyclic) bond motifs is 1. The van der Waals surface area contributed by atoms with Crippen molar-refractivity contribution >= 4 is 15.9 Å². The minimum atomic E-state index is 0.399. The third-order valence-corrected chi connectivity index (χ3v) is 4.04. The van der Waals surface area contributed by atoms with Crippen LogP contribution in [-0.2, 0) is 6.42 Å². The molecule has 0 amide bonds. The van der Waals surface area contributed by atoms with E-state index in [4.69, 9.17) is 4.42 Å². The smallest absolute Gasteiger partial charge is 0.195 e. The highest BCUT2D eigenvalue weighted by Crippen LogP contribution is 2.30. The molecule has 2 heterocycles. The van der Waals surface area contributed by atoms with E-state index in [1.165, 1.54) is 18.4 Å². The van der Waals surface area contributed by atoms with Crippen molar-refractivity contribution in [2.24, 2.45) is 0 Å². The molecule has 5 heteroatoms. The van der Waals surface area contributed by atoms with Gasteiger partial charge in [0.1, 0.15) is 0 Å². The molecule has 3 rings (SSSR count). The Balaban J connectivity index is 1.88. The number of furan rings is 1. The van der Waals surface area contributed by atoms with Crippen LogP contribution in [0, 0.1) is 0 Å². The maximum atomic E-state index is 5.53. The number of nitrogens with one attached hydrogen (secondary N) is 1. The summed E-state index contributed by atoms with van der Waals surface area (Å²) in [5.74, 6) is 1.38. The van der Waals surface area contributed by atoms with E-state index in [1.807, 2.05) is 18.3 Å². The fourth-order valence-electron chi connectivity index (χ4n) is 2.63. The largest absolute Gasteiger partial charge is 0.446 e. The fourth-order valence-corrected chi connectivity index (χ4v) is 2.94. The molecule has 20 heavy (non-hydrogen) atoms. The molecule has 0 fully saturated rings. The lowest BCUT2D eigenvalue weighted by Gasteiger charge is -2.25. The molecule has 1 aliphatic carbocycles. The van der Waals surface area contributed by atoms with Crippen molar-refractivity contribution in [2.45, 2.75) is 38.6 Å². The monoisotopic (exact) mass is 335 g/mol. The lowest BCUT2D eigenvalue weighted by atomic mass is 9.92. The molecule has 0 aromatic carbocycles. The van der Waals surface area contributed by atoms with Crippen LogP contribution in [0.15, 0.2) is 27.4 Å². The first kappa shape index (κ1) is 13.8. The summed E-state index contributed by atoms with van der Waals surface area (Å²) < 4.78 is 6.23. The average molecular weight is 336 g/mol. The van der Waals surface area contributed by atoms with E-state index >= 15 is 0 Å². The number of hydrogen-bond donors (Lipinski definition) is 1. The minimum absolute atomic E-state index is 0.399. The van der Waals surface area contributed by atoms with Crippen LogP contribution in [0.4, 0.5) is 0 Å². The van der Waals surface area contributed by atoms with Gasteiger partial charge in [0.25, 0.3) is 0 Å². The van der Waals surface area contributed by atoms with Gasteiger partial charge in [-0.15, -0.1) is 0 Å². The van der Waals surface area contributed by atoms with Gasteiger partial charge in [-0.2, -0.15) is 0 Å². The van der Waals surface area contributed by atoms with Crippen molar-refractivity contribution < 1.29 is 4.42 Å². The molecule has 2 aromatic heterocycles. The normalized spacial score (nSPS) is 18.0. The predicted octanol–water partition coefficient (Wildman–Crippen LogP) is 3.88. The highest BCUT2D eigenvalue weighted by molar-refractivity contribution is 9.10. The summed E-state index contributed by atoms with van der Waals surface area (Å²) in [7, 11) is 0. The lowest BCUT2D eigenvalue weighted by Crippen LogP contribution is -2.26. The van der Waals surface area contributed by atoms with Crippen molar-refractivity contribution in [3.05, 3.63) is 34.3 Å². The van der Waals surface area contributed by atoms with Gasteiger partial charge in [0.2, 0.25) is 0 Å². The van der Waals surface area contributed by atoms with Crippen LogP contribution >= 0.6 is 15.9 Å². The van der Waals surface area contributed by atoms with Gasteiger partial charge < -0.3 is 9.73 Å². The van der Waals surface area contributed by atoms with Crippen LogP contribution in [0.1, 0.15) is 43.5 Å². The Morgan fingerprint density at radius 3 is 3.10 bits per heavy atom. The number of aryl methyl sites for hydroxylation is 1. The van der Waals surface area contributed by atoms with E-state index < -0.39 is 0 Å². The molecule has 1 N–H and O–H groups in total. The Morgan fingerprint density at radius 1 is 1.45 bits per heavy atom. The second kappa shape index (κ2) is 6.06. The van der Waals surface area contributed by atoms with Gasteiger partial charge in [0.05, 0.1) is 0 Å². The topological polar surface area (TPSA) is 51.0 Å². The van der Waals surface area contributed by atoms with Crippen molar-refractivity contribution in [1.29, 1.82) is 0 Å². The third kappa shape index (κ3) is 2.79. The summed E-state index contributed by atoms with van der Waals surface area (Å²) >= 11 is 3.31. The van der Waals surface area contributed by atoms with Crippen molar-refractivity contribution in [2.75, 3.05) is 6.54 Å². The highest BCUT2D eigenvalue weighted by atomic mass is 79.9. The zero-order valence-corrected chi connectivity index (χ0v) is 13.1. The van der Waals surface area contributed by atoms with Gasteiger partial charge >= 0.3 is 0 Å². The van der Waals surface area contributed by atoms with Crippen molar-refractivity contribution in [3.63, 3.8) is 0 Å². The van der Waals surface area contributed by atoms with Gasteiger partial charge in [0, 0.05) is 23.5 Å².